The number of hydrogen-bond acceptors (Lipinski definition) is 5. The van der Waals surface area contributed by atoms with E-state index < -0.39 is 18.2 Å². The second kappa shape index (κ2) is 6.00. The Balaban J connectivity index is 3.10. The highest BCUT2D eigenvalue weighted by molar-refractivity contribution is 5.71. The average molecular weight is 251 g/mol. The Bertz CT molecular complexity index is 480. The standard InChI is InChI=1S/C12H13NO5/c1-18-10-3-2-7(12(17)9(14)6-13)4-8(10)5-11(15)16/h2-4,9,12,14,17H,5H2,1H3,(H,15,16). The minimum atomic E-state index is -1.56. The summed E-state index contributed by atoms with van der Waals surface area (Å²) in [4.78, 5) is 10.7. The first-order valence-electron chi connectivity index (χ1n) is 5.14. The summed E-state index contributed by atoms with van der Waals surface area (Å²) in [6.45, 7) is 0. The lowest BCUT2D eigenvalue weighted by Gasteiger charge is -2.14. The summed E-state index contributed by atoms with van der Waals surface area (Å²) in [7, 11) is 1.40. The van der Waals surface area contributed by atoms with Crippen molar-refractivity contribution >= 4 is 5.97 Å². The largest absolute Gasteiger partial charge is 0.496 e. The number of nitriles is 1. The summed E-state index contributed by atoms with van der Waals surface area (Å²) in [6, 6.07) is 5.87. The molecular formula is C12H13NO5. The lowest BCUT2D eigenvalue weighted by atomic mass is 10.0. The van der Waals surface area contributed by atoms with Gasteiger partial charge >= 0.3 is 5.97 Å². The quantitative estimate of drug-likeness (QED) is 0.646. The molecule has 96 valence electrons. The molecular weight excluding hydrogens is 238 g/mol. The third-order valence-electron chi connectivity index (χ3n) is 2.42. The Hall–Kier alpha value is -2.10. The number of benzene rings is 1. The van der Waals surface area contributed by atoms with E-state index in [9.17, 15) is 15.0 Å². The van der Waals surface area contributed by atoms with Crippen LogP contribution < -0.4 is 4.74 Å². The second-order valence-electron chi connectivity index (χ2n) is 3.66. The number of carbonyl (C=O) groups is 1. The second-order valence-corrected chi connectivity index (χ2v) is 3.66. The smallest absolute Gasteiger partial charge is 0.307 e. The van der Waals surface area contributed by atoms with Crippen LogP contribution in [0.5, 0.6) is 5.75 Å². The average Bonchev–Trinajstić information content (AvgIpc) is 2.36. The molecule has 1 aromatic carbocycles. The van der Waals surface area contributed by atoms with Crippen LogP contribution in [0, 0.1) is 11.3 Å². The molecule has 6 heteroatoms. The zero-order chi connectivity index (χ0) is 13.7. The monoisotopic (exact) mass is 251 g/mol. The molecule has 1 rings (SSSR count). The predicted molar refractivity (Wildman–Crippen MR) is 60.9 cm³/mol. The summed E-state index contributed by atoms with van der Waals surface area (Å²) in [5.74, 6) is -0.666. The van der Waals surface area contributed by atoms with E-state index in [0.717, 1.165) is 0 Å². The molecule has 2 atom stereocenters. The molecule has 0 fully saturated rings. The van der Waals surface area contributed by atoms with Crippen molar-refractivity contribution in [3.8, 4) is 11.8 Å². The topological polar surface area (TPSA) is 111 Å². The Labute approximate surface area is 104 Å². The number of methoxy groups -OCH3 is 1. The van der Waals surface area contributed by atoms with Crippen LogP contribution in [0.2, 0.25) is 0 Å². The van der Waals surface area contributed by atoms with Gasteiger partial charge in [-0.1, -0.05) is 6.07 Å². The Morgan fingerprint density at radius 3 is 2.67 bits per heavy atom. The highest BCUT2D eigenvalue weighted by Gasteiger charge is 2.19. The highest BCUT2D eigenvalue weighted by atomic mass is 16.5. The number of carboxylic acids is 1. The molecule has 0 aliphatic heterocycles. The lowest BCUT2D eigenvalue weighted by molar-refractivity contribution is -0.136. The molecule has 18 heavy (non-hydrogen) atoms. The highest BCUT2D eigenvalue weighted by Crippen LogP contribution is 2.25. The summed E-state index contributed by atoms with van der Waals surface area (Å²) in [6.07, 6.45) is -3.21. The zero-order valence-corrected chi connectivity index (χ0v) is 9.70. The number of aliphatic carboxylic acids is 1. The molecule has 0 spiro atoms. The number of ether oxygens (including phenoxy) is 1. The van der Waals surface area contributed by atoms with E-state index in [1.54, 1.807) is 0 Å². The number of aliphatic hydroxyl groups is 2. The van der Waals surface area contributed by atoms with Gasteiger partial charge in [-0.2, -0.15) is 5.26 Å². The van der Waals surface area contributed by atoms with Crippen LogP contribution in [0.4, 0.5) is 0 Å². The van der Waals surface area contributed by atoms with E-state index in [1.807, 2.05) is 0 Å². The predicted octanol–water partition coefficient (Wildman–Crippen LogP) is 0.240. The Kier molecular flexibility index (Phi) is 4.66. The van der Waals surface area contributed by atoms with Crippen LogP contribution in [0.15, 0.2) is 18.2 Å². The fraction of sp³-hybridized carbons (Fsp3) is 0.333. The van der Waals surface area contributed by atoms with Gasteiger partial charge in [0.15, 0.2) is 6.10 Å². The minimum Gasteiger partial charge on any atom is -0.496 e. The molecule has 6 nitrogen and oxygen atoms in total. The molecule has 0 aromatic heterocycles. The molecule has 0 aliphatic carbocycles. The fourth-order valence-corrected chi connectivity index (χ4v) is 1.54. The van der Waals surface area contributed by atoms with Gasteiger partial charge in [-0.05, 0) is 17.7 Å². The minimum absolute atomic E-state index is 0.265. The molecule has 0 radical (unpaired) electrons. The number of nitrogens with zero attached hydrogens (tertiary/aromatic N) is 1. The molecule has 0 aliphatic rings. The summed E-state index contributed by atoms with van der Waals surface area (Å²) in [5, 5.41) is 36.1. The molecule has 2 unspecified atom stereocenters. The Morgan fingerprint density at radius 2 is 2.17 bits per heavy atom. The van der Waals surface area contributed by atoms with Gasteiger partial charge in [0.2, 0.25) is 0 Å². The first kappa shape index (κ1) is 14.0. The van der Waals surface area contributed by atoms with Crippen molar-refractivity contribution in [1.82, 2.24) is 0 Å². The van der Waals surface area contributed by atoms with Gasteiger partial charge in [-0.15, -0.1) is 0 Å². The fourth-order valence-electron chi connectivity index (χ4n) is 1.54. The summed E-state index contributed by atoms with van der Waals surface area (Å²) < 4.78 is 5.00. The first-order chi connectivity index (χ1) is 8.49. The van der Waals surface area contributed by atoms with E-state index >= 15 is 0 Å². The van der Waals surface area contributed by atoms with Gasteiger partial charge in [-0.25, -0.2) is 0 Å². The molecule has 1 aromatic rings. The van der Waals surface area contributed by atoms with Crippen LogP contribution in [0.25, 0.3) is 0 Å². The van der Waals surface area contributed by atoms with Crippen LogP contribution in [0.1, 0.15) is 17.2 Å². The molecule has 0 amide bonds. The van der Waals surface area contributed by atoms with E-state index in [1.165, 1.54) is 31.4 Å². The molecule has 0 saturated heterocycles. The molecule has 0 saturated carbocycles. The maximum absolute atomic E-state index is 10.7. The van der Waals surface area contributed by atoms with Crippen molar-refractivity contribution in [3.63, 3.8) is 0 Å². The third kappa shape index (κ3) is 3.20. The van der Waals surface area contributed by atoms with E-state index in [2.05, 4.69) is 0 Å². The van der Waals surface area contributed by atoms with Gasteiger partial charge in [0.1, 0.15) is 11.9 Å². The van der Waals surface area contributed by atoms with E-state index in [0.29, 0.717) is 11.3 Å². The molecule has 0 heterocycles. The zero-order valence-electron chi connectivity index (χ0n) is 9.70. The van der Waals surface area contributed by atoms with E-state index in [-0.39, 0.29) is 12.0 Å². The van der Waals surface area contributed by atoms with Gasteiger partial charge in [-0.3, -0.25) is 4.79 Å². The van der Waals surface area contributed by atoms with Gasteiger partial charge in [0, 0.05) is 5.56 Å². The SMILES string of the molecule is COc1ccc(C(O)C(O)C#N)cc1CC(=O)O. The van der Waals surface area contributed by atoms with Crippen molar-refractivity contribution in [2.45, 2.75) is 18.6 Å². The maximum Gasteiger partial charge on any atom is 0.307 e. The number of hydrogen-bond donors (Lipinski definition) is 3. The van der Waals surface area contributed by atoms with Crippen molar-refractivity contribution in [2.75, 3.05) is 7.11 Å². The van der Waals surface area contributed by atoms with Crippen molar-refractivity contribution in [1.29, 1.82) is 5.26 Å². The number of carboxylic acid groups (broad SMARTS) is 1. The number of rotatable bonds is 5. The molecule has 0 bridgehead atoms. The Morgan fingerprint density at radius 1 is 1.50 bits per heavy atom. The maximum atomic E-state index is 10.7. The van der Waals surface area contributed by atoms with Crippen LogP contribution >= 0.6 is 0 Å². The molecule has 3 N–H and O–H groups in total. The number of aliphatic hydroxyl groups excluding tert-OH is 2. The van der Waals surface area contributed by atoms with Crippen molar-refractivity contribution in [3.05, 3.63) is 29.3 Å². The van der Waals surface area contributed by atoms with Gasteiger partial charge in [0.25, 0.3) is 0 Å². The van der Waals surface area contributed by atoms with Gasteiger partial charge in [0.05, 0.1) is 19.6 Å². The van der Waals surface area contributed by atoms with Crippen LogP contribution in [-0.4, -0.2) is 34.5 Å². The normalized spacial score (nSPS) is 13.4. The van der Waals surface area contributed by atoms with Crippen LogP contribution in [0.3, 0.4) is 0 Å². The third-order valence-corrected chi connectivity index (χ3v) is 2.42. The van der Waals surface area contributed by atoms with Crippen molar-refractivity contribution in [2.24, 2.45) is 0 Å². The van der Waals surface area contributed by atoms with Crippen LogP contribution in [-0.2, 0) is 11.2 Å². The summed E-state index contributed by atoms with van der Waals surface area (Å²) in [5.41, 5.74) is 0.632. The lowest BCUT2D eigenvalue weighted by Crippen LogP contribution is -2.16. The van der Waals surface area contributed by atoms with Crippen molar-refractivity contribution < 1.29 is 24.9 Å². The van der Waals surface area contributed by atoms with Gasteiger partial charge < -0.3 is 20.1 Å². The van der Waals surface area contributed by atoms with E-state index in [4.69, 9.17) is 15.1 Å². The first-order valence-corrected chi connectivity index (χ1v) is 5.14. The summed E-state index contributed by atoms with van der Waals surface area (Å²) >= 11 is 0.